The Balaban J connectivity index is 0.00000121. The number of halogens is 2. The van der Waals surface area contributed by atoms with Gasteiger partial charge in [0.05, 0.1) is 4.34 Å². The van der Waals surface area contributed by atoms with Crippen molar-refractivity contribution in [3.8, 4) is 0 Å². The summed E-state index contributed by atoms with van der Waals surface area (Å²) in [5.41, 5.74) is 0. The van der Waals surface area contributed by atoms with E-state index < -0.39 is 10.0 Å². The number of hydrogen-bond donors (Lipinski definition) is 1. The summed E-state index contributed by atoms with van der Waals surface area (Å²) < 4.78 is 21.8. The summed E-state index contributed by atoms with van der Waals surface area (Å²) in [6.45, 7) is 0. The normalized spacial score (nSPS) is 10.9. The Morgan fingerprint density at radius 3 is 2.08 bits per heavy atom. The topological polar surface area (TPSA) is 60.2 Å². The Hall–Kier alpha value is 1.83. The molecule has 0 unspecified atom stereocenters. The molecule has 0 amide bonds. The number of hydrogen-bond acceptors (Lipinski definition) is 3. The third-order valence-corrected chi connectivity index (χ3v) is 3.60. The average Bonchev–Trinajstić information content (AvgIpc) is 2.08. The molecule has 1 aromatic heterocycles. The van der Waals surface area contributed by atoms with Gasteiger partial charge in [-0.15, -0.1) is 11.3 Å². The van der Waals surface area contributed by atoms with Crippen molar-refractivity contribution in [3.05, 3.63) is 14.7 Å². The molecule has 0 bridgehead atoms. The zero-order valence-corrected chi connectivity index (χ0v) is 8.19. The first kappa shape index (κ1) is 13.8. The molecule has 3 nitrogen and oxygen atoms in total. The monoisotopic (exact) mass is 271 g/mol. The fourth-order valence-corrected chi connectivity index (χ4v) is 3.23. The van der Waals surface area contributed by atoms with E-state index in [9.17, 15) is 8.42 Å². The molecule has 0 fully saturated rings. The summed E-state index contributed by atoms with van der Waals surface area (Å²) >= 11 is 12.0. The fraction of sp³-hybridized carbons (Fsp3) is 0. The first-order valence-corrected chi connectivity index (χ1v) is 5.51. The Morgan fingerprint density at radius 2 is 1.92 bits per heavy atom. The second-order valence-electron chi connectivity index (χ2n) is 1.73. The van der Waals surface area contributed by atoms with Crippen LogP contribution in [0, 0.1) is 0 Å². The average molecular weight is 272 g/mol. The van der Waals surface area contributed by atoms with E-state index in [1.54, 1.807) is 0 Å². The summed E-state index contributed by atoms with van der Waals surface area (Å²) in [7, 11) is -3.72. The first-order chi connectivity index (χ1) is 4.91. The molecule has 0 saturated carbocycles. The molecule has 0 aliphatic heterocycles. The van der Waals surface area contributed by atoms with Gasteiger partial charge in [0.25, 0.3) is 0 Å². The standard InChI is InChI=1S/C4H3Cl2NO2S2.K.H/c5-3-1-2(4(6)10-3)11(7,8)9;;/h1H,(H2,7,8,9);;. The quantitative estimate of drug-likeness (QED) is 0.777. The molecule has 0 atom stereocenters. The van der Waals surface area contributed by atoms with Gasteiger partial charge in [0.15, 0.2) is 0 Å². The number of primary sulfonamides is 1. The van der Waals surface area contributed by atoms with Crippen LogP contribution in [-0.2, 0) is 10.0 Å². The van der Waals surface area contributed by atoms with E-state index in [0.29, 0.717) is 4.34 Å². The van der Waals surface area contributed by atoms with Gasteiger partial charge in [0.1, 0.15) is 9.23 Å². The van der Waals surface area contributed by atoms with Crippen LogP contribution in [0.25, 0.3) is 0 Å². The molecule has 0 aromatic carbocycles. The maximum atomic E-state index is 10.7. The van der Waals surface area contributed by atoms with Gasteiger partial charge >= 0.3 is 51.4 Å². The maximum absolute atomic E-state index is 10.7. The number of nitrogens with two attached hydrogens (primary N) is 1. The van der Waals surface area contributed by atoms with Crippen LogP contribution in [0.3, 0.4) is 0 Å². The number of thiophene rings is 1. The molecule has 0 aliphatic rings. The Bertz CT molecular complexity index is 374. The van der Waals surface area contributed by atoms with E-state index in [0.717, 1.165) is 11.3 Å². The van der Waals surface area contributed by atoms with Crippen LogP contribution in [-0.4, -0.2) is 59.8 Å². The van der Waals surface area contributed by atoms with Gasteiger partial charge in [-0.2, -0.15) is 0 Å². The summed E-state index contributed by atoms with van der Waals surface area (Å²) in [4.78, 5) is -0.117. The van der Waals surface area contributed by atoms with Crippen LogP contribution in [0.2, 0.25) is 8.67 Å². The van der Waals surface area contributed by atoms with Crippen molar-refractivity contribution in [1.82, 2.24) is 0 Å². The Morgan fingerprint density at radius 1 is 1.42 bits per heavy atom. The SMILES string of the molecule is NS(=O)(=O)c1cc(Cl)sc1Cl.[KH]. The minimum atomic E-state index is -3.72. The summed E-state index contributed by atoms with van der Waals surface area (Å²) in [6, 6.07) is 1.23. The first-order valence-electron chi connectivity index (χ1n) is 2.39. The number of rotatable bonds is 1. The van der Waals surface area contributed by atoms with Crippen LogP contribution >= 0.6 is 34.5 Å². The molecule has 1 aromatic rings. The van der Waals surface area contributed by atoms with E-state index in [-0.39, 0.29) is 60.6 Å². The molecule has 1 rings (SSSR count). The predicted octanol–water partition coefficient (Wildman–Crippen LogP) is 1.05. The Labute approximate surface area is 127 Å². The van der Waals surface area contributed by atoms with Crippen molar-refractivity contribution in [3.63, 3.8) is 0 Å². The third-order valence-electron chi connectivity index (χ3n) is 0.932. The van der Waals surface area contributed by atoms with E-state index >= 15 is 0 Å². The van der Waals surface area contributed by atoms with Gasteiger partial charge in [-0.05, 0) is 6.07 Å². The summed E-state index contributed by atoms with van der Waals surface area (Å²) in [5, 5.41) is 4.81. The Kier molecular flexibility index (Phi) is 5.83. The molecule has 8 heteroatoms. The molecule has 12 heavy (non-hydrogen) atoms. The zero-order valence-electron chi connectivity index (χ0n) is 5.04. The van der Waals surface area contributed by atoms with Crippen LogP contribution < -0.4 is 5.14 Å². The molecular weight excluding hydrogens is 268 g/mol. The zero-order chi connectivity index (χ0) is 8.65. The van der Waals surface area contributed by atoms with Crippen LogP contribution in [0.1, 0.15) is 0 Å². The second-order valence-corrected chi connectivity index (χ2v) is 5.55. The predicted molar refractivity (Wildman–Crippen MR) is 52.9 cm³/mol. The minimum absolute atomic E-state index is 0. The summed E-state index contributed by atoms with van der Waals surface area (Å²) in [6.07, 6.45) is 0. The van der Waals surface area contributed by atoms with Gasteiger partial charge in [-0.3, -0.25) is 0 Å². The van der Waals surface area contributed by atoms with E-state index in [4.69, 9.17) is 28.3 Å². The van der Waals surface area contributed by atoms with Crippen molar-refractivity contribution in [2.75, 3.05) is 0 Å². The van der Waals surface area contributed by atoms with Crippen LogP contribution in [0.4, 0.5) is 0 Å². The van der Waals surface area contributed by atoms with Crippen molar-refractivity contribution in [1.29, 1.82) is 0 Å². The summed E-state index contributed by atoms with van der Waals surface area (Å²) in [5.74, 6) is 0. The molecular formula is C4H4Cl2KNO2S2. The van der Waals surface area contributed by atoms with Crippen molar-refractivity contribution in [2.45, 2.75) is 4.90 Å². The molecule has 1 heterocycles. The van der Waals surface area contributed by atoms with Gasteiger partial charge in [-0.1, -0.05) is 23.2 Å². The molecule has 0 aliphatic carbocycles. The van der Waals surface area contributed by atoms with Gasteiger partial charge < -0.3 is 0 Å². The molecule has 0 spiro atoms. The third kappa shape index (κ3) is 3.53. The van der Waals surface area contributed by atoms with Crippen molar-refractivity contribution in [2.24, 2.45) is 5.14 Å². The molecule has 64 valence electrons. The van der Waals surface area contributed by atoms with Crippen LogP contribution in [0.15, 0.2) is 11.0 Å². The number of sulfonamides is 1. The van der Waals surface area contributed by atoms with E-state index in [2.05, 4.69) is 0 Å². The van der Waals surface area contributed by atoms with Crippen molar-refractivity contribution < 1.29 is 8.42 Å². The van der Waals surface area contributed by atoms with Gasteiger partial charge in [-0.25, -0.2) is 13.6 Å². The second kappa shape index (κ2) is 5.06. The molecule has 2 N–H and O–H groups in total. The van der Waals surface area contributed by atoms with E-state index in [1.807, 2.05) is 0 Å². The van der Waals surface area contributed by atoms with Gasteiger partial charge in [0.2, 0.25) is 10.0 Å². The van der Waals surface area contributed by atoms with Crippen molar-refractivity contribution >= 4 is 95.9 Å². The molecule has 0 radical (unpaired) electrons. The molecule has 0 saturated heterocycles. The fourth-order valence-electron chi connectivity index (χ4n) is 0.519. The van der Waals surface area contributed by atoms with E-state index in [1.165, 1.54) is 6.07 Å². The van der Waals surface area contributed by atoms with Crippen LogP contribution in [0.5, 0.6) is 0 Å². The van der Waals surface area contributed by atoms with Gasteiger partial charge in [0, 0.05) is 0 Å².